The van der Waals surface area contributed by atoms with E-state index in [-0.39, 0.29) is 48.6 Å². The maximum Gasteiger partial charge on any atom is 0.527 e. The molecule has 0 spiro atoms. The Morgan fingerprint density at radius 1 is 0.885 bits per heavy atom. The van der Waals surface area contributed by atoms with Crippen LogP contribution in [0.1, 0.15) is 88.0 Å². The van der Waals surface area contributed by atoms with Gasteiger partial charge in [0.25, 0.3) is 11.8 Å². The van der Waals surface area contributed by atoms with Crippen LogP contribution in [-0.2, 0) is 24.0 Å². The largest absolute Gasteiger partial charge is 0.527 e. The van der Waals surface area contributed by atoms with E-state index in [4.69, 9.17) is 14.3 Å². The van der Waals surface area contributed by atoms with Crippen molar-refractivity contribution < 1.29 is 38.3 Å². The highest BCUT2D eigenvalue weighted by Crippen LogP contribution is 2.29. The Morgan fingerprint density at radius 2 is 1.63 bits per heavy atom. The Kier molecular flexibility index (Phi) is 12.6. The third-order valence-corrected chi connectivity index (χ3v) is 10.5. The molecule has 2 aromatic rings. The number of nitrogens with zero attached hydrogens (tertiary/aromatic N) is 5. The average molecular weight is 722 g/mol. The van der Waals surface area contributed by atoms with Crippen LogP contribution in [0.4, 0.5) is 4.79 Å². The van der Waals surface area contributed by atoms with Crippen LogP contribution in [0.5, 0.6) is 5.88 Å². The monoisotopic (exact) mass is 721 g/mol. The summed E-state index contributed by atoms with van der Waals surface area (Å²) in [5.41, 5.74) is 0.667. The Hall–Kier alpha value is -4.66. The number of para-hydroxylation sites is 1. The molecule has 4 fully saturated rings. The van der Waals surface area contributed by atoms with Crippen molar-refractivity contribution in [1.82, 2.24) is 35.3 Å². The van der Waals surface area contributed by atoms with Crippen molar-refractivity contribution in [3.8, 4) is 11.6 Å². The lowest BCUT2D eigenvalue weighted by Gasteiger charge is -2.36. The van der Waals surface area contributed by atoms with Crippen LogP contribution in [0.25, 0.3) is 5.69 Å². The molecule has 2 aliphatic carbocycles. The number of rotatable bonds is 13. The van der Waals surface area contributed by atoms with Gasteiger partial charge < -0.3 is 34.7 Å². The predicted octanol–water partition coefficient (Wildman–Crippen LogP) is 3.21. The summed E-state index contributed by atoms with van der Waals surface area (Å²) >= 11 is 0. The molecule has 15 nitrogen and oxygen atoms in total. The summed E-state index contributed by atoms with van der Waals surface area (Å²) < 4.78 is 12.4. The van der Waals surface area contributed by atoms with Crippen molar-refractivity contribution in [2.75, 3.05) is 45.9 Å². The molecule has 4 aliphatic rings. The standard InChI is InChI=1S/C37H51N7O8/c1-2-50-37(49)52-42-21-19-41(20-22-42)36(48)30(23-26-11-5-3-6-12-26)39-34(46)29-24-33(44(40-29)28-15-7-4-8-16-28)51-25-32(45)43-18-10-17-31(43)35(47)38-27-13-9-14-27/h4,7-8,15-16,24,26-27,30-31H,2-3,5-6,9-14,17-23,25H2,1H3,(H,38,47)(H,39,46)/t30-,31-/m0/s1. The Morgan fingerprint density at radius 3 is 2.33 bits per heavy atom. The zero-order valence-corrected chi connectivity index (χ0v) is 30.0. The molecular weight excluding hydrogens is 670 g/mol. The minimum Gasteiger partial charge on any atom is -0.467 e. The van der Waals surface area contributed by atoms with Gasteiger partial charge in [-0.1, -0.05) is 50.3 Å². The number of aromatic nitrogens is 2. The highest BCUT2D eigenvalue weighted by Gasteiger charge is 2.37. The van der Waals surface area contributed by atoms with E-state index in [9.17, 15) is 24.0 Å². The van der Waals surface area contributed by atoms with E-state index in [1.807, 2.05) is 30.3 Å². The molecule has 2 saturated carbocycles. The summed E-state index contributed by atoms with van der Waals surface area (Å²) in [7, 11) is 0. The van der Waals surface area contributed by atoms with Gasteiger partial charge in [-0.25, -0.2) is 9.48 Å². The summed E-state index contributed by atoms with van der Waals surface area (Å²) in [6.45, 7) is 3.32. The Labute approximate surface area is 304 Å². The Bertz CT molecular complexity index is 1550. The number of ether oxygens (including phenoxy) is 2. The molecule has 282 valence electrons. The van der Waals surface area contributed by atoms with Gasteiger partial charge in [-0.05, 0) is 63.5 Å². The molecule has 52 heavy (non-hydrogen) atoms. The van der Waals surface area contributed by atoms with Crippen molar-refractivity contribution >= 4 is 29.8 Å². The number of carbonyl (C=O) groups excluding carboxylic acids is 5. The summed E-state index contributed by atoms with van der Waals surface area (Å²) in [6.07, 6.45) is 9.44. The van der Waals surface area contributed by atoms with Gasteiger partial charge in [0.1, 0.15) is 12.1 Å². The van der Waals surface area contributed by atoms with E-state index < -0.39 is 24.1 Å². The van der Waals surface area contributed by atoms with E-state index in [1.54, 1.807) is 16.7 Å². The fourth-order valence-electron chi connectivity index (χ4n) is 7.42. The highest BCUT2D eigenvalue weighted by atomic mass is 16.8. The second kappa shape index (κ2) is 17.7. The van der Waals surface area contributed by atoms with Crippen molar-refractivity contribution in [3.05, 3.63) is 42.1 Å². The fraction of sp³-hybridized carbons (Fsp3) is 0.622. The lowest BCUT2D eigenvalue weighted by molar-refractivity contribution is -0.157. The maximum absolute atomic E-state index is 14.0. The van der Waals surface area contributed by atoms with Crippen molar-refractivity contribution in [2.45, 2.75) is 95.7 Å². The SMILES string of the molecule is CCOC(=O)ON1CCN(C(=O)[C@H](CC2CCCCC2)NC(=O)c2cc(OCC(=O)N3CCC[C@H]3C(=O)NC3CCC3)n(-c3ccccc3)n2)CC1. The van der Waals surface area contributed by atoms with Gasteiger partial charge in [0.2, 0.25) is 17.7 Å². The summed E-state index contributed by atoms with van der Waals surface area (Å²) in [5, 5.41) is 12.1. The molecule has 4 amide bonds. The minimum absolute atomic E-state index is 0.0410. The first-order valence-corrected chi connectivity index (χ1v) is 18.9. The van der Waals surface area contributed by atoms with E-state index >= 15 is 0 Å². The first-order chi connectivity index (χ1) is 25.3. The molecule has 0 unspecified atom stereocenters. The van der Waals surface area contributed by atoms with Crippen LogP contribution in [0.15, 0.2) is 36.4 Å². The summed E-state index contributed by atoms with van der Waals surface area (Å²) in [6, 6.07) is 9.51. The number of hydrogen-bond donors (Lipinski definition) is 2. The van der Waals surface area contributed by atoms with Gasteiger partial charge >= 0.3 is 6.16 Å². The third kappa shape index (κ3) is 9.41. The molecular formula is C37H51N7O8. The van der Waals surface area contributed by atoms with Crippen LogP contribution in [0.2, 0.25) is 0 Å². The first-order valence-electron chi connectivity index (χ1n) is 18.9. The van der Waals surface area contributed by atoms with Gasteiger partial charge in [-0.2, -0.15) is 5.10 Å². The minimum atomic E-state index is -0.779. The maximum atomic E-state index is 14.0. The zero-order chi connectivity index (χ0) is 36.5. The number of amides is 4. The van der Waals surface area contributed by atoms with Gasteiger partial charge in [0, 0.05) is 31.7 Å². The number of hydroxylamine groups is 2. The molecule has 6 rings (SSSR count). The lowest BCUT2D eigenvalue weighted by Crippen LogP contribution is -2.55. The van der Waals surface area contributed by atoms with Crippen LogP contribution in [0.3, 0.4) is 0 Å². The van der Waals surface area contributed by atoms with Gasteiger partial charge in [-0.15, -0.1) is 5.06 Å². The topological polar surface area (TPSA) is 165 Å². The summed E-state index contributed by atoms with van der Waals surface area (Å²) in [5.74, 6) is -0.671. The average Bonchev–Trinajstić information content (AvgIpc) is 3.81. The molecule has 1 aromatic carbocycles. The van der Waals surface area contributed by atoms with E-state index in [1.165, 1.54) is 15.8 Å². The van der Waals surface area contributed by atoms with Crippen molar-refractivity contribution in [2.24, 2.45) is 5.92 Å². The number of piperazine rings is 1. The number of likely N-dealkylation sites (tertiary alicyclic amines) is 1. The molecule has 2 aliphatic heterocycles. The molecule has 2 saturated heterocycles. The molecule has 0 radical (unpaired) electrons. The number of hydrogen-bond acceptors (Lipinski definition) is 10. The smallest absolute Gasteiger partial charge is 0.467 e. The highest BCUT2D eigenvalue weighted by molar-refractivity contribution is 5.96. The van der Waals surface area contributed by atoms with E-state index in [2.05, 4.69) is 15.7 Å². The molecule has 15 heteroatoms. The predicted molar refractivity (Wildman–Crippen MR) is 188 cm³/mol. The zero-order valence-electron chi connectivity index (χ0n) is 30.0. The van der Waals surface area contributed by atoms with Crippen LogP contribution < -0.4 is 15.4 Å². The quantitative estimate of drug-likeness (QED) is 0.294. The van der Waals surface area contributed by atoms with Crippen LogP contribution in [-0.4, -0.2) is 118 Å². The second-order valence-electron chi connectivity index (χ2n) is 14.1. The molecule has 2 N–H and O–H groups in total. The Balaban J connectivity index is 1.14. The van der Waals surface area contributed by atoms with Gasteiger partial charge in [0.15, 0.2) is 12.3 Å². The third-order valence-electron chi connectivity index (χ3n) is 10.5. The lowest BCUT2D eigenvalue weighted by atomic mass is 9.84. The number of benzene rings is 1. The number of nitrogens with one attached hydrogen (secondary N) is 2. The molecule has 0 bridgehead atoms. The fourth-order valence-corrected chi connectivity index (χ4v) is 7.42. The van der Waals surface area contributed by atoms with Gasteiger partial charge in [0.05, 0.1) is 25.4 Å². The van der Waals surface area contributed by atoms with E-state index in [0.29, 0.717) is 57.2 Å². The van der Waals surface area contributed by atoms with Gasteiger partial charge in [-0.3, -0.25) is 19.2 Å². The first kappa shape index (κ1) is 37.1. The van der Waals surface area contributed by atoms with Crippen molar-refractivity contribution in [3.63, 3.8) is 0 Å². The molecule has 1 aromatic heterocycles. The van der Waals surface area contributed by atoms with Crippen LogP contribution >= 0.6 is 0 Å². The van der Waals surface area contributed by atoms with Crippen molar-refractivity contribution in [1.29, 1.82) is 0 Å². The van der Waals surface area contributed by atoms with E-state index in [0.717, 1.165) is 57.8 Å². The normalized spacial score (nSPS) is 20.4. The second-order valence-corrected chi connectivity index (χ2v) is 14.1. The summed E-state index contributed by atoms with van der Waals surface area (Å²) in [4.78, 5) is 74.4. The van der Waals surface area contributed by atoms with Crippen LogP contribution in [0, 0.1) is 5.92 Å². The molecule has 2 atom stereocenters. The molecule has 3 heterocycles. The number of carbonyl (C=O) groups is 5.